The maximum Gasteiger partial charge on any atom is 0.257 e. The lowest BCUT2D eigenvalue weighted by Crippen LogP contribution is -2.12. The highest BCUT2D eigenvalue weighted by Gasteiger charge is 2.11. The number of ether oxygens (including phenoxy) is 1. The molecule has 0 fully saturated rings. The summed E-state index contributed by atoms with van der Waals surface area (Å²) in [5.41, 5.74) is 3.98. The van der Waals surface area contributed by atoms with E-state index in [9.17, 15) is 4.79 Å². The van der Waals surface area contributed by atoms with Crippen molar-refractivity contribution >= 4 is 28.0 Å². The fourth-order valence-electron chi connectivity index (χ4n) is 2.64. The predicted molar refractivity (Wildman–Crippen MR) is 102 cm³/mol. The number of amides is 1. The zero-order valence-corrected chi connectivity index (χ0v) is 15.1. The minimum Gasteiger partial charge on any atom is -0.497 e. The number of methoxy groups -OCH3 is 1. The number of hydrogen-bond acceptors (Lipinski definition) is 5. The second-order valence-corrected chi connectivity index (χ2v) is 6.64. The van der Waals surface area contributed by atoms with Crippen LogP contribution in [0.2, 0.25) is 0 Å². The lowest BCUT2D eigenvalue weighted by Gasteiger charge is -2.03. The molecule has 4 aromatic rings. The van der Waals surface area contributed by atoms with Crippen LogP contribution in [0.5, 0.6) is 5.75 Å². The summed E-state index contributed by atoms with van der Waals surface area (Å²) in [5.74, 6) is 0.589. The number of nitrogens with zero attached hydrogens (tertiary/aromatic N) is 3. The standard InChI is InChI=1S/C19H16N4O2S/c1-12-10-23-8-7-14(9-17(23)20-12)18(24)22-19-21-16(11-26-19)13-3-5-15(25-2)6-4-13/h3-11H,1-2H3,(H,21,22,24). The first-order valence-corrected chi connectivity index (χ1v) is 8.87. The third-order valence-electron chi connectivity index (χ3n) is 3.95. The van der Waals surface area contributed by atoms with Crippen molar-refractivity contribution in [3.8, 4) is 17.0 Å². The van der Waals surface area contributed by atoms with Gasteiger partial charge in [0.15, 0.2) is 5.13 Å². The van der Waals surface area contributed by atoms with Gasteiger partial charge in [0.05, 0.1) is 18.5 Å². The summed E-state index contributed by atoms with van der Waals surface area (Å²) < 4.78 is 7.05. The number of fused-ring (bicyclic) bond motifs is 1. The van der Waals surface area contributed by atoms with Crippen LogP contribution in [0.15, 0.2) is 54.2 Å². The first-order chi connectivity index (χ1) is 12.6. The molecule has 0 aliphatic heterocycles. The van der Waals surface area contributed by atoms with E-state index in [2.05, 4.69) is 15.3 Å². The van der Waals surface area contributed by atoms with Crippen molar-refractivity contribution in [1.29, 1.82) is 0 Å². The van der Waals surface area contributed by atoms with E-state index in [-0.39, 0.29) is 5.91 Å². The number of nitrogens with one attached hydrogen (secondary N) is 1. The largest absolute Gasteiger partial charge is 0.497 e. The van der Waals surface area contributed by atoms with Gasteiger partial charge in [0.25, 0.3) is 5.91 Å². The molecule has 4 rings (SSSR count). The van der Waals surface area contributed by atoms with Gasteiger partial charge < -0.3 is 9.14 Å². The van der Waals surface area contributed by atoms with Crippen molar-refractivity contribution in [3.05, 3.63) is 65.4 Å². The Hall–Kier alpha value is -3.19. The van der Waals surface area contributed by atoms with Crippen LogP contribution >= 0.6 is 11.3 Å². The second-order valence-electron chi connectivity index (χ2n) is 5.78. The number of anilines is 1. The molecule has 0 aliphatic rings. The molecule has 0 atom stereocenters. The molecule has 1 N–H and O–H groups in total. The van der Waals surface area contributed by atoms with E-state index in [0.29, 0.717) is 10.7 Å². The zero-order chi connectivity index (χ0) is 18.1. The summed E-state index contributed by atoms with van der Waals surface area (Å²) in [6, 6.07) is 11.2. The topological polar surface area (TPSA) is 68.5 Å². The van der Waals surface area contributed by atoms with E-state index in [4.69, 9.17) is 4.74 Å². The lowest BCUT2D eigenvalue weighted by molar-refractivity contribution is 0.102. The Morgan fingerprint density at radius 2 is 2.00 bits per heavy atom. The van der Waals surface area contributed by atoms with Crippen molar-refractivity contribution in [2.45, 2.75) is 6.92 Å². The van der Waals surface area contributed by atoms with Gasteiger partial charge >= 0.3 is 0 Å². The minimum absolute atomic E-state index is 0.205. The summed E-state index contributed by atoms with van der Waals surface area (Å²) in [6.45, 7) is 1.92. The molecule has 0 unspecified atom stereocenters. The molecule has 0 spiro atoms. The van der Waals surface area contributed by atoms with Crippen LogP contribution < -0.4 is 10.1 Å². The maximum absolute atomic E-state index is 12.5. The van der Waals surface area contributed by atoms with Crippen molar-refractivity contribution in [2.75, 3.05) is 12.4 Å². The van der Waals surface area contributed by atoms with Gasteiger partial charge in [-0.2, -0.15) is 0 Å². The molecule has 26 heavy (non-hydrogen) atoms. The number of rotatable bonds is 4. The molecular weight excluding hydrogens is 348 g/mol. The molecule has 7 heteroatoms. The Morgan fingerprint density at radius 3 is 2.77 bits per heavy atom. The van der Waals surface area contributed by atoms with Crippen LogP contribution in [-0.2, 0) is 0 Å². The van der Waals surface area contributed by atoms with Gasteiger partial charge in [-0.1, -0.05) is 0 Å². The quantitative estimate of drug-likeness (QED) is 0.594. The molecule has 0 bridgehead atoms. The number of thiazole rings is 1. The van der Waals surface area contributed by atoms with E-state index < -0.39 is 0 Å². The summed E-state index contributed by atoms with van der Waals surface area (Å²) in [4.78, 5) is 21.4. The minimum atomic E-state index is -0.205. The Labute approximate surface area is 154 Å². The van der Waals surface area contributed by atoms with Crippen molar-refractivity contribution < 1.29 is 9.53 Å². The molecule has 3 aromatic heterocycles. The molecule has 6 nitrogen and oxygen atoms in total. The normalized spacial score (nSPS) is 10.8. The van der Waals surface area contributed by atoms with Crippen LogP contribution in [0.25, 0.3) is 16.9 Å². The molecule has 1 aromatic carbocycles. The fraction of sp³-hybridized carbons (Fsp3) is 0.105. The molecule has 0 aliphatic carbocycles. The number of aryl methyl sites for hydroxylation is 1. The van der Waals surface area contributed by atoms with Crippen LogP contribution in [0.3, 0.4) is 0 Å². The zero-order valence-electron chi connectivity index (χ0n) is 14.3. The number of aromatic nitrogens is 3. The van der Waals surface area contributed by atoms with Crippen LogP contribution in [0.4, 0.5) is 5.13 Å². The van der Waals surface area contributed by atoms with E-state index in [0.717, 1.165) is 28.3 Å². The summed E-state index contributed by atoms with van der Waals surface area (Å²) in [6.07, 6.45) is 3.74. The first kappa shape index (κ1) is 16.3. The SMILES string of the molecule is COc1ccc(-c2csc(NC(=O)c3ccn4cc(C)nc4c3)n2)cc1. The monoisotopic (exact) mass is 364 g/mol. The number of carbonyl (C=O) groups is 1. The van der Waals surface area contributed by atoms with Gasteiger partial charge in [-0.25, -0.2) is 9.97 Å². The lowest BCUT2D eigenvalue weighted by atomic mass is 10.2. The highest BCUT2D eigenvalue weighted by molar-refractivity contribution is 7.14. The Balaban J connectivity index is 1.52. The molecule has 3 heterocycles. The van der Waals surface area contributed by atoms with Gasteiger partial charge in [0, 0.05) is 28.9 Å². The van der Waals surface area contributed by atoms with Crippen LogP contribution in [-0.4, -0.2) is 27.4 Å². The van der Waals surface area contributed by atoms with Crippen molar-refractivity contribution in [3.63, 3.8) is 0 Å². The number of pyridine rings is 1. The highest BCUT2D eigenvalue weighted by Crippen LogP contribution is 2.26. The summed E-state index contributed by atoms with van der Waals surface area (Å²) in [7, 11) is 1.63. The Kier molecular flexibility index (Phi) is 4.14. The van der Waals surface area contributed by atoms with Crippen LogP contribution in [0, 0.1) is 6.92 Å². The smallest absolute Gasteiger partial charge is 0.257 e. The van der Waals surface area contributed by atoms with Gasteiger partial charge in [0.2, 0.25) is 0 Å². The van der Waals surface area contributed by atoms with Crippen molar-refractivity contribution in [1.82, 2.24) is 14.4 Å². The van der Waals surface area contributed by atoms with E-state index in [1.807, 2.05) is 53.4 Å². The number of carbonyl (C=O) groups excluding carboxylic acids is 1. The predicted octanol–water partition coefficient (Wildman–Crippen LogP) is 4.03. The molecule has 0 saturated heterocycles. The van der Waals surface area contributed by atoms with E-state index in [1.54, 1.807) is 19.2 Å². The second kappa shape index (κ2) is 6.61. The number of imidazole rings is 1. The molecule has 0 radical (unpaired) electrons. The average molecular weight is 364 g/mol. The van der Waals surface area contributed by atoms with Crippen molar-refractivity contribution in [2.24, 2.45) is 0 Å². The summed E-state index contributed by atoms with van der Waals surface area (Å²) in [5, 5.41) is 5.32. The van der Waals surface area contributed by atoms with Gasteiger partial charge in [-0.15, -0.1) is 11.3 Å². The average Bonchev–Trinajstić information content (AvgIpc) is 3.26. The van der Waals surface area contributed by atoms with Gasteiger partial charge in [-0.3, -0.25) is 10.1 Å². The molecule has 130 valence electrons. The Morgan fingerprint density at radius 1 is 1.19 bits per heavy atom. The molecule has 1 amide bonds. The molecular formula is C19H16N4O2S. The number of benzene rings is 1. The maximum atomic E-state index is 12.5. The molecule has 0 saturated carbocycles. The van der Waals surface area contributed by atoms with E-state index >= 15 is 0 Å². The van der Waals surface area contributed by atoms with Gasteiger partial charge in [0.1, 0.15) is 11.4 Å². The third kappa shape index (κ3) is 3.16. The summed E-state index contributed by atoms with van der Waals surface area (Å²) >= 11 is 1.39. The first-order valence-electron chi connectivity index (χ1n) is 7.99. The highest BCUT2D eigenvalue weighted by atomic mass is 32.1. The Bertz CT molecular complexity index is 1080. The fourth-order valence-corrected chi connectivity index (χ4v) is 3.36. The van der Waals surface area contributed by atoms with Gasteiger partial charge in [-0.05, 0) is 43.3 Å². The van der Waals surface area contributed by atoms with Crippen LogP contribution in [0.1, 0.15) is 16.1 Å². The third-order valence-corrected chi connectivity index (χ3v) is 4.71. The number of hydrogen-bond donors (Lipinski definition) is 1. The van der Waals surface area contributed by atoms with E-state index in [1.165, 1.54) is 11.3 Å².